The van der Waals surface area contributed by atoms with Gasteiger partial charge in [-0.2, -0.15) is 0 Å². The van der Waals surface area contributed by atoms with Crippen molar-refractivity contribution in [3.63, 3.8) is 0 Å². The summed E-state index contributed by atoms with van der Waals surface area (Å²) in [5.74, 6) is 0. The van der Waals surface area contributed by atoms with E-state index >= 15 is 0 Å². The van der Waals surface area contributed by atoms with E-state index in [0.717, 1.165) is 0 Å². The van der Waals surface area contributed by atoms with Crippen molar-refractivity contribution in [1.82, 2.24) is 10.2 Å². The molecule has 0 aromatic carbocycles. The molecule has 0 aromatic rings. The zero-order chi connectivity index (χ0) is 16.3. The van der Waals surface area contributed by atoms with Crippen molar-refractivity contribution >= 4 is 0 Å². The first-order chi connectivity index (χ1) is 9.92. The molecule has 0 aromatic heterocycles. The molecule has 9 nitrogen and oxygen atoms in total. The lowest BCUT2D eigenvalue weighted by molar-refractivity contribution is 0.0419. The lowest BCUT2D eigenvalue weighted by Gasteiger charge is -2.28. The van der Waals surface area contributed by atoms with Crippen molar-refractivity contribution in [2.45, 2.75) is 24.4 Å². The minimum absolute atomic E-state index is 0.103. The molecule has 0 saturated heterocycles. The fraction of sp³-hybridized carbons (Fsp3) is 1.00. The van der Waals surface area contributed by atoms with E-state index in [1.54, 1.807) is 4.90 Å². The zero-order valence-corrected chi connectivity index (χ0v) is 12.4. The largest absolute Gasteiger partial charge is 0.390 e. The van der Waals surface area contributed by atoms with Crippen LogP contribution in [0.2, 0.25) is 0 Å². The molecule has 21 heavy (non-hydrogen) atoms. The quantitative estimate of drug-likeness (QED) is 0.166. The summed E-state index contributed by atoms with van der Waals surface area (Å²) in [4.78, 5) is 1.71. The number of aliphatic hydroxyl groups is 4. The molecule has 4 unspecified atom stereocenters. The Labute approximate surface area is 125 Å². The smallest absolute Gasteiger partial charge is 0.0791 e. The van der Waals surface area contributed by atoms with Crippen LogP contribution in [0.4, 0.5) is 0 Å². The molecule has 0 rings (SSSR count). The first kappa shape index (κ1) is 20.6. The fourth-order valence-electron chi connectivity index (χ4n) is 1.83. The van der Waals surface area contributed by atoms with E-state index in [1.165, 1.54) is 0 Å². The molecule has 9 heteroatoms. The third-order valence-corrected chi connectivity index (χ3v) is 2.98. The van der Waals surface area contributed by atoms with Crippen molar-refractivity contribution in [1.29, 1.82) is 0 Å². The third-order valence-electron chi connectivity index (χ3n) is 2.98. The summed E-state index contributed by atoms with van der Waals surface area (Å²) < 4.78 is 0. The summed E-state index contributed by atoms with van der Waals surface area (Å²) >= 11 is 0. The summed E-state index contributed by atoms with van der Waals surface area (Å²) in [5.41, 5.74) is 16.0. The minimum Gasteiger partial charge on any atom is -0.390 e. The molecule has 0 bridgehead atoms. The van der Waals surface area contributed by atoms with Crippen molar-refractivity contribution in [3.8, 4) is 0 Å². The molecule has 0 aliphatic rings. The number of hydrogen-bond donors (Lipinski definition) is 8. The SMILES string of the molecule is NCC(O)CNCC(O)CN(CC(O)CN)CC(O)CN. The van der Waals surface area contributed by atoms with Gasteiger partial charge in [0.1, 0.15) is 0 Å². The van der Waals surface area contributed by atoms with Crippen molar-refractivity contribution in [3.05, 3.63) is 0 Å². The van der Waals surface area contributed by atoms with Gasteiger partial charge in [-0.1, -0.05) is 0 Å². The van der Waals surface area contributed by atoms with Crippen LogP contribution in [0, 0.1) is 0 Å². The van der Waals surface area contributed by atoms with Crippen LogP contribution in [-0.2, 0) is 0 Å². The number of nitrogens with two attached hydrogens (primary N) is 3. The first-order valence-corrected chi connectivity index (χ1v) is 7.18. The van der Waals surface area contributed by atoms with Gasteiger partial charge in [-0.15, -0.1) is 0 Å². The van der Waals surface area contributed by atoms with Gasteiger partial charge < -0.3 is 42.9 Å². The van der Waals surface area contributed by atoms with Crippen LogP contribution in [0.3, 0.4) is 0 Å². The molecule has 0 heterocycles. The Morgan fingerprint density at radius 1 is 0.667 bits per heavy atom. The second kappa shape index (κ2) is 12.2. The molecule has 0 saturated carbocycles. The Hall–Kier alpha value is -0.360. The third kappa shape index (κ3) is 10.9. The number of nitrogens with zero attached hydrogens (tertiary/aromatic N) is 1. The van der Waals surface area contributed by atoms with E-state index in [9.17, 15) is 20.4 Å². The standard InChI is InChI=1S/C12H31N5O4/c13-1-9(18)4-16-5-12(21)8-17(6-10(19)2-14)7-11(20)3-15/h9-12,16,18-21H,1-8,13-15H2. The van der Waals surface area contributed by atoms with Gasteiger partial charge in [0.2, 0.25) is 0 Å². The monoisotopic (exact) mass is 309 g/mol. The molecular weight excluding hydrogens is 278 g/mol. The Morgan fingerprint density at radius 3 is 1.48 bits per heavy atom. The van der Waals surface area contributed by atoms with Gasteiger partial charge in [-0.3, -0.25) is 4.90 Å². The van der Waals surface area contributed by atoms with Gasteiger partial charge in [0.15, 0.2) is 0 Å². The molecule has 0 radical (unpaired) electrons. The Kier molecular flexibility index (Phi) is 12.0. The first-order valence-electron chi connectivity index (χ1n) is 7.18. The Morgan fingerprint density at radius 2 is 1.05 bits per heavy atom. The second-order valence-corrected chi connectivity index (χ2v) is 5.20. The van der Waals surface area contributed by atoms with Crippen molar-refractivity contribution < 1.29 is 20.4 Å². The molecule has 0 aliphatic carbocycles. The number of nitrogens with one attached hydrogen (secondary N) is 1. The number of rotatable bonds is 13. The van der Waals surface area contributed by atoms with Crippen LogP contribution in [0.25, 0.3) is 0 Å². The predicted molar refractivity (Wildman–Crippen MR) is 80.5 cm³/mol. The van der Waals surface area contributed by atoms with Crippen LogP contribution in [-0.4, -0.2) is 102 Å². The topological polar surface area (TPSA) is 174 Å². The van der Waals surface area contributed by atoms with Crippen molar-refractivity contribution in [2.75, 3.05) is 52.4 Å². The maximum Gasteiger partial charge on any atom is 0.0791 e. The number of aliphatic hydroxyl groups excluding tert-OH is 4. The molecule has 0 amide bonds. The minimum atomic E-state index is -0.728. The maximum absolute atomic E-state index is 9.93. The summed E-state index contributed by atoms with van der Waals surface area (Å²) in [6.45, 7) is 1.67. The maximum atomic E-state index is 9.93. The summed E-state index contributed by atoms with van der Waals surface area (Å²) in [7, 11) is 0. The second-order valence-electron chi connectivity index (χ2n) is 5.20. The fourth-order valence-corrected chi connectivity index (χ4v) is 1.83. The predicted octanol–water partition coefficient (Wildman–Crippen LogP) is -4.80. The van der Waals surface area contributed by atoms with Crippen LogP contribution < -0.4 is 22.5 Å². The average Bonchev–Trinajstić information content (AvgIpc) is 2.46. The Balaban J connectivity index is 4.17. The molecular formula is C12H31N5O4. The van der Waals surface area contributed by atoms with Gasteiger partial charge in [0, 0.05) is 52.4 Å². The van der Waals surface area contributed by atoms with Gasteiger partial charge in [-0.25, -0.2) is 0 Å². The van der Waals surface area contributed by atoms with E-state index in [2.05, 4.69) is 5.32 Å². The zero-order valence-electron chi connectivity index (χ0n) is 12.4. The van der Waals surface area contributed by atoms with E-state index in [0.29, 0.717) is 6.54 Å². The van der Waals surface area contributed by atoms with Gasteiger partial charge in [-0.05, 0) is 0 Å². The van der Waals surface area contributed by atoms with Gasteiger partial charge in [0.25, 0.3) is 0 Å². The molecule has 128 valence electrons. The van der Waals surface area contributed by atoms with Crippen LogP contribution in [0.5, 0.6) is 0 Å². The van der Waals surface area contributed by atoms with Gasteiger partial charge >= 0.3 is 0 Å². The highest BCUT2D eigenvalue weighted by molar-refractivity contribution is 4.74. The van der Waals surface area contributed by atoms with E-state index < -0.39 is 24.4 Å². The number of hydrogen-bond acceptors (Lipinski definition) is 9. The average molecular weight is 309 g/mol. The summed E-state index contributed by atoms with van der Waals surface area (Å²) in [5, 5.41) is 41.3. The summed E-state index contributed by atoms with van der Waals surface area (Å²) in [6.07, 6.45) is -2.82. The van der Waals surface area contributed by atoms with Crippen LogP contribution >= 0.6 is 0 Å². The van der Waals surface area contributed by atoms with Crippen LogP contribution in [0.1, 0.15) is 0 Å². The normalized spacial score (nSPS) is 17.7. The highest BCUT2D eigenvalue weighted by Crippen LogP contribution is 1.98. The van der Waals surface area contributed by atoms with E-state index in [-0.39, 0.29) is 45.8 Å². The van der Waals surface area contributed by atoms with Gasteiger partial charge in [0.05, 0.1) is 24.4 Å². The van der Waals surface area contributed by atoms with Crippen molar-refractivity contribution in [2.24, 2.45) is 17.2 Å². The van der Waals surface area contributed by atoms with E-state index in [4.69, 9.17) is 17.2 Å². The summed E-state index contributed by atoms with van der Waals surface area (Å²) in [6, 6.07) is 0. The highest BCUT2D eigenvalue weighted by Gasteiger charge is 2.17. The molecule has 4 atom stereocenters. The van der Waals surface area contributed by atoms with Crippen LogP contribution in [0.15, 0.2) is 0 Å². The molecule has 0 aliphatic heterocycles. The lowest BCUT2D eigenvalue weighted by atomic mass is 10.2. The molecule has 0 fully saturated rings. The van der Waals surface area contributed by atoms with E-state index in [1.807, 2.05) is 0 Å². The molecule has 0 spiro atoms. The molecule has 11 N–H and O–H groups in total. The lowest BCUT2D eigenvalue weighted by Crippen LogP contribution is -2.47. The Bertz CT molecular complexity index is 238. The highest BCUT2D eigenvalue weighted by atomic mass is 16.3.